The molecule has 0 aromatic carbocycles. The third-order valence-corrected chi connectivity index (χ3v) is 3.60. The van der Waals surface area contributed by atoms with Crippen molar-refractivity contribution in [2.24, 2.45) is 0 Å². The molecule has 0 aromatic heterocycles. The Kier molecular flexibility index (Phi) is 8.80. The standard InChI is InChI=1S/C18H24O10/c1-9(25-10(2)19)14(26-11(3)20)6-5-13(22)17(24)18-15(27-12(4)21)7-8-16(23)28-18/h5-9,13-15,17-18,22,24H,1-4H3/b6-5+/t9-,13-,14-,15-,17-,18+/m0/s1. The van der Waals surface area contributed by atoms with Crippen LogP contribution in [0.5, 0.6) is 0 Å². The summed E-state index contributed by atoms with van der Waals surface area (Å²) in [6.07, 6.45) is -2.96. The van der Waals surface area contributed by atoms with Gasteiger partial charge in [0.15, 0.2) is 18.3 Å². The number of carbonyl (C=O) groups is 4. The van der Waals surface area contributed by atoms with Crippen LogP contribution >= 0.6 is 0 Å². The van der Waals surface area contributed by atoms with Crippen molar-refractivity contribution in [3.63, 3.8) is 0 Å². The molecule has 0 fully saturated rings. The molecule has 0 aliphatic carbocycles. The van der Waals surface area contributed by atoms with Crippen LogP contribution in [0.4, 0.5) is 0 Å². The van der Waals surface area contributed by atoms with Crippen molar-refractivity contribution in [3.8, 4) is 0 Å². The highest BCUT2D eigenvalue weighted by atomic mass is 16.6. The van der Waals surface area contributed by atoms with Gasteiger partial charge in [-0.25, -0.2) is 4.79 Å². The smallest absolute Gasteiger partial charge is 0.331 e. The lowest BCUT2D eigenvalue weighted by Crippen LogP contribution is -2.49. The van der Waals surface area contributed by atoms with Crippen molar-refractivity contribution in [3.05, 3.63) is 24.3 Å². The van der Waals surface area contributed by atoms with Gasteiger partial charge in [-0.3, -0.25) is 14.4 Å². The third kappa shape index (κ3) is 7.49. The molecule has 0 aromatic rings. The minimum Gasteiger partial charge on any atom is -0.459 e. The molecule has 0 spiro atoms. The molecular formula is C18H24O10. The minimum atomic E-state index is -1.66. The number of ether oxygens (including phenoxy) is 4. The first-order valence-corrected chi connectivity index (χ1v) is 8.46. The van der Waals surface area contributed by atoms with Crippen molar-refractivity contribution in [1.29, 1.82) is 0 Å². The van der Waals surface area contributed by atoms with Gasteiger partial charge in [-0.1, -0.05) is 6.08 Å². The molecule has 6 atom stereocenters. The summed E-state index contributed by atoms with van der Waals surface area (Å²) in [5.41, 5.74) is 0. The van der Waals surface area contributed by atoms with Gasteiger partial charge in [0.1, 0.15) is 18.3 Å². The van der Waals surface area contributed by atoms with Crippen molar-refractivity contribution in [2.75, 3.05) is 0 Å². The Hall–Kier alpha value is -2.72. The SMILES string of the molecule is CC(=O)O[C@@H](C)[C@H](/C=C/[C@H](O)[C@H](O)[C@@H]1OC(=O)C=C[C@@H]1OC(C)=O)OC(C)=O. The second-order valence-corrected chi connectivity index (χ2v) is 6.09. The Morgan fingerprint density at radius 3 is 2.21 bits per heavy atom. The zero-order chi connectivity index (χ0) is 21.4. The van der Waals surface area contributed by atoms with Crippen LogP contribution in [0.2, 0.25) is 0 Å². The maximum Gasteiger partial charge on any atom is 0.331 e. The van der Waals surface area contributed by atoms with Gasteiger partial charge in [0, 0.05) is 26.8 Å². The summed E-state index contributed by atoms with van der Waals surface area (Å²) in [4.78, 5) is 44.9. The van der Waals surface area contributed by atoms with Gasteiger partial charge in [-0.15, -0.1) is 0 Å². The van der Waals surface area contributed by atoms with Gasteiger partial charge >= 0.3 is 23.9 Å². The Balaban J connectivity index is 2.90. The monoisotopic (exact) mass is 400 g/mol. The Morgan fingerprint density at radius 2 is 1.68 bits per heavy atom. The Labute approximate surface area is 161 Å². The molecule has 0 amide bonds. The van der Waals surface area contributed by atoms with E-state index in [1.165, 1.54) is 26.0 Å². The molecule has 1 heterocycles. The topological polar surface area (TPSA) is 146 Å². The van der Waals surface area contributed by atoms with E-state index in [-0.39, 0.29) is 0 Å². The maximum atomic E-state index is 11.4. The van der Waals surface area contributed by atoms with Crippen molar-refractivity contribution < 1.29 is 48.3 Å². The lowest BCUT2D eigenvalue weighted by molar-refractivity contribution is -0.175. The first kappa shape index (κ1) is 23.3. The summed E-state index contributed by atoms with van der Waals surface area (Å²) in [5.74, 6) is -2.68. The molecule has 10 heteroatoms. The van der Waals surface area contributed by atoms with E-state index in [1.807, 2.05) is 0 Å². The molecule has 156 valence electrons. The molecule has 0 saturated heterocycles. The molecule has 28 heavy (non-hydrogen) atoms. The van der Waals surface area contributed by atoms with Crippen LogP contribution in [-0.4, -0.2) is 70.7 Å². The van der Waals surface area contributed by atoms with Crippen molar-refractivity contribution >= 4 is 23.9 Å². The number of aliphatic hydroxyl groups excluding tert-OH is 2. The van der Waals surface area contributed by atoms with Gasteiger partial charge in [0.05, 0.1) is 0 Å². The van der Waals surface area contributed by atoms with Crippen LogP contribution in [0, 0.1) is 0 Å². The summed E-state index contributed by atoms with van der Waals surface area (Å²) in [5, 5.41) is 20.5. The van der Waals surface area contributed by atoms with Crippen LogP contribution in [0.3, 0.4) is 0 Å². The third-order valence-electron chi connectivity index (χ3n) is 3.60. The first-order valence-electron chi connectivity index (χ1n) is 8.46. The van der Waals surface area contributed by atoms with Crippen LogP contribution in [0.15, 0.2) is 24.3 Å². The van der Waals surface area contributed by atoms with Crippen molar-refractivity contribution in [2.45, 2.75) is 64.3 Å². The average molecular weight is 400 g/mol. The molecule has 0 bridgehead atoms. The predicted molar refractivity (Wildman–Crippen MR) is 92.5 cm³/mol. The number of carbonyl (C=O) groups excluding carboxylic acids is 4. The van der Waals surface area contributed by atoms with E-state index in [4.69, 9.17) is 18.9 Å². The number of esters is 4. The van der Waals surface area contributed by atoms with Crippen LogP contribution in [0.1, 0.15) is 27.7 Å². The summed E-state index contributed by atoms with van der Waals surface area (Å²) in [7, 11) is 0. The molecule has 1 aliphatic rings. The highest BCUT2D eigenvalue weighted by Crippen LogP contribution is 2.19. The number of hydrogen-bond donors (Lipinski definition) is 2. The van der Waals surface area contributed by atoms with E-state index in [0.29, 0.717) is 0 Å². The number of rotatable bonds is 8. The van der Waals surface area contributed by atoms with E-state index >= 15 is 0 Å². The zero-order valence-corrected chi connectivity index (χ0v) is 15.9. The van der Waals surface area contributed by atoms with Crippen molar-refractivity contribution in [1.82, 2.24) is 0 Å². The fraction of sp³-hybridized carbons (Fsp3) is 0.556. The predicted octanol–water partition coefficient (Wildman–Crippen LogP) is -0.439. The van der Waals surface area contributed by atoms with Gasteiger partial charge in [-0.2, -0.15) is 0 Å². The molecular weight excluding hydrogens is 376 g/mol. The van der Waals surface area contributed by atoms with E-state index in [0.717, 1.165) is 26.0 Å². The minimum absolute atomic E-state index is 0.594. The summed E-state index contributed by atoms with van der Waals surface area (Å²) in [6.45, 7) is 4.96. The number of cyclic esters (lactones) is 1. The van der Waals surface area contributed by atoms with E-state index in [1.54, 1.807) is 0 Å². The number of hydrogen-bond acceptors (Lipinski definition) is 10. The zero-order valence-electron chi connectivity index (χ0n) is 15.9. The van der Waals surface area contributed by atoms with Crippen LogP contribution in [0.25, 0.3) is 0 Å². The average Bonchev–Trinajstić information content (AvgIpc) is 2.57. The van der Waals surface area contributed by atoms with Gasteiger partial charge in [-0.05, 0) is 19.1 Å². The Bertz CT molecular complexity index is 653. The van der Waals surface area contributed by atoms with Crippen LogP contribution < -0.4 is 0 Å². The lowest BCUT2D eigenvalue weighted by atomic mass is 9.99. The quantitative estimate of drug-likeness (QED) is 0.312. The normalized spacial score (nSPS) is 23.3. The molecule has 0 saturated carbocycles. The van der Waals surface area contributed by atoms with Gasteiger partial charge in [0.2, 0.25) is 0 Å². The van der Waals surface area contributed by atoms with Gasteiger partial charge < -0.3 is 29.2 Å². The summed E-state index contributed by atoms with van der Waals surface area (Å²) < 4.78 is 19.9. The summed E-state index contributed by atoms with van der Waals surface area (Å²) >= 11 is 0. The molecule has 2 N–H and O–H groups in total. The number of aliphatic hydroxyl groups is 2. The highest BCUT2D eigenvalue weighted by Gasteiger charge is 2.38. The molecule has 0 unspecified atom stereocenters. The second-order valence-electron chi connectivity index (χ2n) is 6.09. The fourth-order valence-electron chi connectivity index (χ4n) is 2.43. The Morgan fingerprint density at radius 1 is 1.07 bits per heavy atom. The largest absolute Gasteiger partial charge is 0.459 e. The second kappa shape index (κ2) is 10.6. The first-order chi connectivity index (χ1) is 13.0. The van der Waals surface area contributed by atoms with E-state index in [2.05, 4.69) is 0 Å². The van der Waals surface area contributed by atoms with E-state index in [9.17, 15) is 29.4 Å². The molecule has 0 radical (unpaired) electrons. The molecule has 10 nitrogen and oxygen atoms in total. The van der Waals surface area contributed by atoms with E-state index < -0.39 is 60.5 Å². The maximum absolute atomic E-state index is 11.4. The molecule has 1 rings (SSSR count). The summed E-state index contributed by atoms with van der Waals surface area (Å²) in [6, 6.07) is 0. The lowest BCUT2D eigenvalue weighted by Gasteiger charge is -2.31. The highest BCUT2D eigenvalue weighted by molar-refractivity contribution is 5.83. The van der Waals surface area contributed by atoms with Gasteiger partial charge in [0.25, 0.3) is 0 Å². The van der Waals surface area contributed by atoms with Crippen LogP contribution in [-0.2, 0) is 38.1 Å². The fourth-order valence-corrected chi connectivity index (χ4v) is 2.43. The molecule has 1 aliphatic heterocycles.